The largest absolute Gasteiger partial charge is 0.332 e. The van der Waals surface area contributed by atoms with Gasteiger partial charge in [0.1, 0.15) is 0 Å². The molecule has 1 aliphatic rings. The molecule has 0 amide bonds. The van der Waals surface area contributed by atoms with Gasteiger partial charge in [-0.05, 0) is 31.3 Å². The molecule has 0 saturated carbocycles. The van der Waals surface area contributed by atoms with Crippen LogP contribution in [-0.2, 0) is 0 Å². The van der Waals surface area contributed by atoms with Crippen LogP contribution in [0.15, 0.2) is 35.0 Å². The molecule has 0 radical (unpaired) electrons. The molecule has 1 N–H and O–H groups in total. The maximum atomic E-state index is 6.07. The van der Waals surface area contributed by atoms with E-state index in [0.29, 0.717) is 27.5 Å². The first-order valence-corrected chi connectivity index (χ1v) is 8.63. The second-order valence-corrected chi connectivity index (χ2v) is 6.72. The van der Waals surface area contributed by atoms with Crippen molar-refractivity contribution in [1.82, 2.24) is 30.1 Å². The number of benzene rings is 1. The summed E-state index contributed by atoms with van der Waals surface area (Å²) in [6.45, 7) is 2.71. The third kappa shape index (κ3) is 3.72. The van der Waals surface area contributed by atoms with Crippen molar-refractivity contribution in [2.45, 2.75) is 6.04 Å². The summed E-state index contributed by atoms with van der Waals surface area (Å²) in [4.78, 5) is 6.72. The minimum Gasteiger partial charge on any atom is -0.332 e. The van der Waals surface area contributed by atoms with Gasteiger partial charge in [0.05, 0.1) is 21.8 Å². The van der Waals surface area contributed by atoms with Crippen molar-refractivity contribution in [3.8, 4) is 17.3 Å². The number of nitrogens with one attached hydrogen (secondary N) is 1. The molecule has 1 saturated heterocycles. The predicted octanol–water partition coefficient (Wildman–Crippen LogP) is 3.23. The standard InChI is InChI=1S/C16H16Cl2N6O.ClH/c1-23-7-5-19-9-14(23)15-20-16(25-22-15)13-4-6-24(21-13)10-2-3-11(17)12(18)8-10;/h2-4,6,8,14,19H,5,7,9H2,1H3;1H. The van der Waals surface area contributed by atoms with E-state index in [1.54, 1.807) is 16.8 Å². The number of nitrogens with zero attached hydrogens (tertiary/aromatic N) is 5. The normalized spacial score (nSPS) is 17.9. The highest BCUT2D eigenvalue weighted by Crippen LogP contribution is 2.26. The molecule has 26 heavy (non-hydrogen) atoms. The van der Waals surface area contributed by atoms with Crippen LogP contribution in [0.4, 0.5) is 0 Å². The molecule has 3 aromatic rings. The molecular formula is C16H17Cl3N6O. The number of piperazine rings is 1. The summed E-state index contributed by atoms with van der Waals surface area (Å²) in [6.07, 6.45) is 1.81. The molecule has 1 unspecified atom stereocenters. The van der Waals surface area contributed by atoms with Crippen LogP contribution >= 0.6 is 35.6 Å². The molecule has 10 heteroatoms. The molecule has 1 aliphatic heterocycles. The van der Waals surface area contributed by atoms with Crippen LogP contribution in [0, 0.1) is 0 Å². The summed E-state index contributed by atoms with van der Waals surface area (Å²) < 4.78 is 7.10. The fraction of sp³-hybridized carbons (Fsp3) is 0.312. The van der Waals surface area contributed by atoms with Crippen molar-refractivity contribution in [2.75, 3.05) is 26.7 Å². The smallest absolute Gasteiger partial charge is 0.278 e. The van der Waals surface area contributed by atoms with Crippen molar-refractivity contribution >= 4 is 35.6 Å². The average Bonchev–Trinajstić information content (AvgIpc) is 3.27. The molecule has 3 heterocycles. The summed E-state index contributed by atoms with van der Waals surface area (Å²) in [6, 6.07) is 7.25. The summed E-state index contributed by atoms with van der Waals surface area (Å²) in [5, 5.41) is 12.9. The number of likely N-dealkylation sites (N-methyl/N-ethyl adjacent to an activating group) is 1. The van der Waals surface area contributed by atoms with E-state index in [0.717, 1.165) is 25.3 Å². The Bertz CT molecular complexity index is 896. The zero-order valence-electron chi connectivity index (χ0n) is 13.9. The Labute approximate surface area is 166 Å². The molecule has 0 aliphatic carbocycles. The maximum absolute atomic E-state index is 6.07. The lowest BCUT2D eigenvalue weighted by Gasteiger charge is -2.30. The van der Waals surface area contributed by atoms with Crippen LogP contribution in [0.2, 0.25) is 10.0 Å². The SMILES string of the molecule is CN1CCNCC1c1noc(-c2ccn(-c3ccc(Cl)c(Cl)c3)n2)n1.Cl. The molecule has 1 fully saturated rings. The van der Waals surface area contributed by atoms with E-state index < -0.39 is 0 Å². The van der Waals surface area contributed by atoms with Gasteiger partial charge >= 0.3 is 0 Å². The van der Waals surface area contributed by atoms with Crippen LogP contribution in [0.25, 0.3) is 17.3 Å². The van der Waals surface area contributed by atoms with Gasteiger partial charge in [-0.15, -0.1) is 12.4 Å². The van der Waals surface area contributed by atoms with Gasteiger partial charge in [0, 0.05) is 25.8 Å². The van der Waals surface area contributed by atoms with Crippen LogP contribution in [-0.4, -0.2) is 51.5 Å². The lowest BCUT2D eigenvalue weighted by atomic mass is 10.2. The molecule has 1 aromatic carbocycles. The second kappa shape index (κ2) is 7.94. The number of hydrogen-bond donors (Lipinski definition) is 1. The molecule has 7 nitrogen and oxygen atoms in total. The number of aromatic nitrogens is 4. The van der Waals surface area contributed by atoms with Crippen LogP contribution < -0.4 is 5.32 Å². The number of hydrogen-bond acceptors (Lipinski definition) is 6. The molecule has 138 valence electrons. The Morgan fingerprint density at radius 1 is 1.23 bits per heavy atom. The van der Waals surface area contributed by atoms with Gasteiger partial charge in [0.2, 0.25) is 0 Å². The first kappa shape index (κ1) is 19.1. The van der Waals surface area contributed by atoms with E-state index in [9.17, 15) is 0 Å². The van der Waals surface area contributed by atoms with Crippen molar-refractivity contribution in [3.05, 3.63) is 46.3 Å². The monoisotopic (exact) mass is 414 g/mol. The number of rotatable bonds is 3. The highest BCUT2D eigenvalue weighted by molar-refractivity contribution is 6.42. The van der Waals surface area contributed by atoms with Crippen molar-refractivity contribution in [3.63, 3.8) is 0 Å². The quantitative estimate of drug-likeness (QED) is 0.708. The summed E-state index contributed by atoms with van der Waals surface area (Å²) >= 11 is 12.0. The maximum Gasteiger partial charge on any atom is 0.278 e. The fourth-order valence-electron chi connectivity index (χ4n) is 2.78. The second-order valence-electron chi connectivity index (χ2n) is 5.90. The van der Waals surface area contributed by atoms with E-state index >= 15 is 0 Å². The van der Waals surface area contributed by atoms with Gasteiger partial charge in [-0.3, -0.25) is 4.90 Å². The number of halogens is 3. The molecule has 0 bridgehead atoms. The highest BCUT2D eigenvalue weighted by Gasteiger charge is 2.26. The van der Waals surface area contributed by atoms with E-state index in [2.05, 4.69) is 32.5 Å². The molecule has 1 atom stereocenters. The Morgan fingerprint density at radius 2 is 2.08 bits per heavy atom. The fourth-order valence-corrected chi connectivity index (χ4v) is 3.07. The van der Waals surface area contributed by atoms with Gasteiger partial charge in [-0.1, -0.05) is 28.4 Å². The minimum absolute atomic E-state index is 0. The molecule has 4 rings (SSSR count). The van der Waals surface area contributed by atoms with Crippen LogP contribution in [0.3, 0.4) is 0 Å². The summed E-state index contributed by atoms with van der Waals surface area (Å²) in [5.74, 6) is 1.06. The van der Waals surface area contributed by atoms with Crippen molar-refractivity contribution in [2.24, 2.45) is 0 Å². The zero-order valence-corrected chi connectivity index (χ0v) is 16.2. The van der Waals surface area contributed by atoms with Gasteiger partial charge < -0.3 is 9.84 Å². The first-order valence-electron chi connectivity index (χ1n) is 7.88. The molecule has 0 spiro atoms. The molecule has 2 aromatic heterocycles. The van der Waals surface area contributed by atoms with Crippen LogP contribution in [0.1, 0.15) is 11.9 Å². The Kier molecular flexibility index (Phi) is 5.84. The lowest BCUT2D eigenvalue weighted by molar-refractivity contribution is 0.190. The minimum atomic E-state index is 0. The topological polar surface area (TPSA) is 72.0 Å². The van der Waals surface area contributed by atoms with Gasteiger partial charge in [-0.2, -0.15) is 10.1 Å². The van der Waals surface area contributed by atoms with Gasteiger partial charge in [0.15, 0.2) is 11.5 Å². The summed E-state index contributed by atoms with van der Waals surface area (Å²) in [7, 11) is 2.06. The van der Waals surface area contributed by atoms with E-state index in [4.69, 9.17) is 27.7 Å². The third-order valence-electron chi connectivity index (χ3n) is 4.23. The average molecular weight is 416 g/mol. The van der Waals surface area contributed by atoms with Gasteiger partial charge in [-0.25, -0.2) is 4.68 Å². The molecular weight excluding hydrogens is 399 g/mol. The Morgan fingerprint density at radius 3 is 2.85 bits per heavy atom. The lowest BCUT2D eigenvalue weighted by Crippen LogP contribution is -2.44. The summed E-state index contributed by atoms with van der Waals surface area (Å²) in [5.41, 5.74) is 1.41. The van der Waals surface area contributed by atoms with Crippen molar-refractivity contribution < 1.29 is 4.52 Å². The highest BCUT2D eigenvalue weighted by atomic mass is 35.5. The van der Waals surface area contributed by atoms with Crippen molar-refractivity contribution in [1.29, 1.82) is 0 Å². The Hall–Kier alpha value is -1.64. The van der Waals surface area contributed by atoms with Gasteiger partial charge in [0.25, 0.3) is 5.89 Å². The van der Waals surface area contributed by atoms with E-state index in [-0.39, 0.29) is 18.4 Å². The third-order valence-corrected chi connectivity index (χ3v) is 4.97. The van der Waals surface area contributed by atoms with E-state index in [1.165, 1.54) is 0 Å². The predicted molar refractivity (Wildman–Crippen MR) is 102 cm³/mol. The van der Waals surface area contributed by atoms with Crippen LogP contribution in [0.5, 0.6) is 0 Å². The zero-order chi connectivity index (χ0) is 17.4. The first-order chi connectivity index (χ1) is 12.1. The van der Waals surface area contributed by atoms with E-state index in [1.807, 2.05) is 18.3 Å². The Balaban J connectivity index is 0.00000196.